The number of benzene rings is 1. The third kappa shape index (κ3) is 4.05. The van der Waals surface area contributed by atoms with Crippen LogP contribution in [0.5, 0.6) is 0 Å². The first kappa shape index (κ1) is 18.4. The zero-order chi connectivity index (χ0) is 18.7. The minimum absolute atomic E-state index is 0.138. The van der Waals surface area contributed by atoms with E-state index in [2.05, 4.69) is 4.72 Å². The van der Waals surface area contributed by atoms with Gasteiger partial charge in [-0.05, 0) is 48.6 Å². The number of rotatable bonds is 5. The number of nitrogens with two attached hydrogens (primary N) is 1. The summed E-state index contributed by atoms with van der Waals surface area (Å²) in [6, 6.07) is 9.51. The van der Waals surface area contributed by atoms with E-state index in [1.165, 1.54) is 6.07 Å². The van der Waals surface area contributed by atoms with Crippen molar-refractivity contribution in [2.75, 3.05) is 17.8 Å². The highest BCUT2D eigenvalue weighted by Gasteiger charge is 2.26. The number of carbonyl (C=O) groups is 2. The number of carbonyl (C=O) groups excluding carboxylic acids is 2. The molecule has 3 N–H and O–H groups in total. The van der Waals surface area contributed by atoms with Crippen LogP contribution in [0.15, 0.2) is 46.0 Å². The summed E-state index contributed by atoms with van der Waals surface area (Å²) in [7, 11) is -3.61. The molecule has 0 radical (unpaired) electrons. The van der Waals surface area contributed by atoms with Crippen LogP contribution in [0.1, 0.15) is 23.2 Å². The number of hydrogen-bond donors (Lipinski definition) is 2. The summed E-state index contributed by atoms with van der Waals surface area (Å²) in [6.45, 7) is 0.971. The molecule has 1 aliphatic heterocycles. The first-order valence-corrected chi connectivity index (χ1v) is 10.5. The van der Waals surface area contributed by atoms with Crippen molar-refractivity contribution in [3.05, 3.63) is 47.3 Å². The Hall–Kier alpha value is -2.39. The van der Waals surface area contributed by atoms with Gasteiger partial charge in [0.15, 0.2) is 0 Å². The van der Waals surface area contributed by atoms with Crippen molar-refractivity contribution in [2.24, 2.45) is 11.7 Å². The monoisotopic (exact) mass is 393 g/mol. The van der Waals surface area contributed by atoms with Gasteiger partial charge in [0.25, 0.3) is 15.9 Å². The topological polar surface area (TPSA) is 110 Å². The predicted octanol–water partition coefficient (Wildman–Crippen LogP) is 1.89. The quantitative estimate of drug-likeness (QED) is 0.808. The number of nitrogens with one attached hydrogen (secondary N) is 1. The van der Waals surface area contributed by atoms with Gasteiger partial charge in [-0.3, -0.25) is 14.3 Å². The van der Waals surface area contributed by atoms with E-state index in [1.54, 1.807) is 40.6 Å². The summed E-state index contributed by atoms with van der Waals surface area (Å²) < 4.78 is 27.1. The van der Waals surface area contributed by atoms with Crippen LogP contribution in [-0.4, -0.2) is 38.2 Å². The number of primary amides is 1. The molecule has 1 aromatic heterocycles. The molecular formula is C17H19N3O4S2. The Morgan fingerprint density at radius 3 is 2.31 bits per heavy atom. The van der Waals surface area contributed by atoms with Crippen LogP contribution >= 0.6 is 11.3 Å². The number of sulfonamides is 1. The third-order valence-corrected chi connectivity index (χ3v) is 7.11. The van der Waals surface area contributed by atoms with Crippen molar-refractivity contribution in [1.29, 1.82) is 0 Å². The number of thiophene rings is 1. The molecule has 2 heterocycles. The Morgan fingerprint density at radius 1 is 1.12 bits per heavy atom. The second kappa shape index (κ2) is 7.46. The van der Waals surface area contributed by atoms with Gasteiger partial charge >= 0.3 is 0 Å². The predicted molar refractivity (Wildman–Crippen MR) is 99.4 cm³/mol. The largest absolute Gasteiger partial charge is 0.369 e. The van der Waals surface area contributed by atoms with Crippen molar-refractivity contribution in [3.8, 4) is 0 Å². The van der Waals surface area contributed by atoms with Crippen molar-refractivity contribution in [2.45, 2.75) is 17.1 Å². The molecule has 0 unspecified atom stereocenters. The van der Waals surface area contributed by atoms with Crippen molar-refractivity contribution in [1.82, 2.24) is 4.90 Å². The van der Waals surface area contributed by atoms with E-state index in [9.17, 15) is 18.0 Å². The van der Waals surface area contributed by atoms with E-state index in [-0.39, 0.29) is 21.9 Å². The van der Waals surface area contributed by atoms with Gasteiger partial charge in [0.1, 0.15) is 4.21 Å². The number of piperidine rings is 1. The molecule has 7 nitrogen and oxygen atoms in total. The molecule has 9 heteroatoms. The molecule has 2 aromatic rings. The van der Waals surface area contributed by atoms with Crippen LogP contribution in [0.2, 0.25) is 0 Å². The summed E-state index contributed by atoms with van der Waals surface area (Å²) in [5.41, 5.74) is 6.17. The van der Waals surface area contributed by atoms with Crippen molar-refractivity contribution >= 4 is 38.9 Å². The van der Waals surface area contributed by atoms with Gasteiger partial charge in [-0.25, -0.2) is 8.42 Å². The summed E-state index contributed by atoms with van der Waals surface area (Å²) >= 11 is 1.13. The Balaban J connectivity index is 1.64. The van der Waals surface area contributed by atoms with E-state index in [1.807, 2.05) is 0 Å². The number of anilines is 1. The zero-order valence-electron chi connectivity index (χ0n) is 13.9. The summed E-state index contributed by atoms with van der Waals surface area (Å²) in [5, 5.41) is 1.69. The van der Waals surface area contributed by atoms with Crippen molar-refractivity contribution in [3.63, 3.8) is 0 Å². The highest BCUT2D eigenvalue weighted by molar-refractivity contribution is 7.94. The molecule has 0 bridgehead atoms. The van der Waals surface area contributed by atoms with Crippen LogP contribution < -0.4 is 10.5 Å². The fourth-order valence-electron chi connectivity index (χ4n) is 2.85. The fourth-order valence-corrected chi connectivity index (χ4v) is 4.90. The molecule has 0 saturated carbocycles. The molecule has 138 valence electrons. The minimum Gasteiger partial charge on any atom is -0.369 e. The van der Waals surface area contributed by atoms with E-state index >= 15 is 0 Å². The maximum Gasteiger partial charge on any atom is 0.271 e. The lowest BCUT2D eigenvalue weighted by Gasteiger charge is -2.30. The molecule has 2 amide bonds. The smallest absolute Gasteiger partial charge is 0.271 e. The lowest BCUT2D eigenvalue weighted by Crippen LogP contribution is -2.41. The van der Waals surface area contributed by atoms with E-state index in [0.717, 1.165) is 11.3 Å². The molecule has 1 saturated heterocycles. The molecular weight excluding hydrogens is 374 g/mol. The van der Waals surface area contributed by atoms with Gasteiger partial charge in [-0.15, -0.1) is 11.3 Å². The van der Waals surface area contributed by atoms with Crippen LogP contribution in [-0.2, 0) is 14.8 Å². The first-order valence-electron chi connectivity index (χ1n) is 8.12. The van der Waals surface area contributed by atoms with Gasteiger partial charge < -0.3 is 10.6 Å². The van der Waals surface area contributed by atoms with Gasteiger partial charge in [0, 0.05) is 30.3 Å². The number of hydrogen-bond acceptors (Lipinski definition) is 5. The summed E-state index contributed by atoms with van der Waals surface area (Å²) in [5.74, 6) is -0.631. The number of nitrogens with zero attached hydrogens (tertiary/aromatic N) is 1. The highest BCUT2D eigenvalue weighted by Crippen LogP contribution is 2.22. The SMILES string of the molecule is NC(=O)C1CCN(C(=O)c2ccc(NS(=O)(=O)c3cccs3)cc2)CC1. The van der Waals surface area contributed by atoms with Crippen LogP contribution in [0, 0.1) is 5.92 Å². The number of amides is 2. The van der Waals surface area contributed by atoms with Crippen LogP contribution in [0.25, 0.3) is 0 Å². The van der Waals surface area contributed by atoms with Crippen molar-refractivity contribution < 1.29 is 18.0 Å². The second-order valence-corrected chi connectivity index (χ2v) is 8.94. The molecule has 1 fully saturated rings. The third-order valence-electron chi connectivity index (χ3n) is 4.33. The van der Waals surface area contributed by atoms with E-state index in [4.69, 9.17) is 5.73 Å². The molecule has 1 aliphatic rings. The van der Waals surface area contributed by atoms with E-state index in [0.29, 0.717) is 37.2 Å². The Bertz CT molecular complexity index is 885. The Kier molecular flexibility index (Phi) is 5.28. The maximum atomic E-state index is 12.5. The standard InChI is InChI=1S/C17H19N3O4S2/c18-16(21)12-7-9-20(10-8-12)17(22)13-3-5-14(6-4-13)19-26(23,24)15-2-1-11-25-15/h1-6,11-12,19H,7-10H2,(H2,18,21). The zero-order valence-corrected chi connectivity index (χ0v) is 15.6. The highest BCUT2D eigenvalue weighted by atomic mass is 32.2. The van der Waals surface area contributed by atoms with E-state index < -0.39 is 10.0 Å². The van der Waals surface area contributed by atoms with Gasteiger partial charge in [0.2, 0.25) is 5.91 Å². The average Bonchev–Trinajstić information content (AvgIpc) is 3.17. The van der Waals surface area contributed by atoms with Crippen LogP contribution in [0.3, 0.4) is 0 Å². The average molecular weight is 393 g/mol. The Labute approximate surface area is 155 Å². The molecule has 3 rings (SSSR count). The minimum atomic E-state index is -3.61. The Morgan fingerprint density at radius 2 is 1.77 bits per heavy atom. The molecule has 0 aliphatic carbocycles. The van der Waals surface area contributed by atoms with Gasteiger partial charge in [-0.2, -0.15) is 0 Å². The van der Waals surface area contributed by atoms with Crippen LogP contribution in [0.4, 0.5) is 5.69 Å². The van der Waals surface area contributed by atoms with Gasteiger partial charge in [0.05, 0.1) is 0 Å². The second-order valence-electron chi connectivity index (χ2n) is 6.08. The maximum absolute atomic E-state index is 12.5. The fraction of sp³-hybridized carbons (Fsp3) is 0.294. The first-order chi connectivity index (χ1) is 12.4. The lowest BCUT2D eigenvalue weighted by molar-refractivity contribution is -0.123. The normalized spacial score (nSPS) is 15.6. The van der Waals surface area contributed by atoms with Gasteiger partial charge in [-0.1, -0.05) is 6.07 Å². The molecule has 0 spiro atoms. The number of likely N-dealkylation sites (tertiary alicyclic amines) is 1. The molecule has 26 heavy (non-hydrogen) atoms. The lowest BCUT2D eigenvalue weighted by atomic mass is 9.96. The summed E-state index contributed by atoms with van der Waals surface area (Å²) in [4.78, 5) is 25.4. The summed E-state index contributed by atoms with van der Waals surface area (Å²) in [6.07, 6.45) is 1.14. The molecule has 0 atom stereocenters. The molecule has 1 aromatic carbocycles.